The Hall–Kier alpha value is -3.42. The number of ether oxygens (including phenoxy) is 1. The minimum absolute atomic E-state index is 0.229. The monoisotopic (exact) mass is 352 g/mol. The van der Waals surface area contributed by atoms with E-state index in [1.54, 1.807) is 45.0 Å². The molecule has 2 aromatic heterocycles. The molecule has 1 atom stereocenters. The Bertz CT molecular complexity index is 1060. The van der Waals surface area contributed by atoms with Crippen molar-refractivity contribution in [3.05, 3.63) is 41.2 Å². The smallest absolute Gasteiger partial charge is 0.265 e. The molecule has 132 valence electrons. The van der Waals surface area contributed by atoms with Gasteiger partial charge in [-0.1, -0.05) is 5.16 Å². The van der Waals surface area contributed by atoms with Gasteiger partial charge in [-0.3, -0.25) is 9.59 Å². The molecule has 0 aliphatic carbocycles. The minimum Gasteiger partial charge on any atom is -0.479 e. The van der Waals surface area contributed by atoms with Crippen LogP contribution in [0.5, 0.6) is 5.75 Å². The van der Waals surface area contributed by atoms with Crippen LogP contribution in [0.2, 0.25) is 0 Å². The summed E-state index contributed by atoms with van der Waals surface area (Å²) < 4.78 is 10.7. The Morgan fingerprint density at radius 2 is 2.08 bits per heavy atom. The van der Waals surface area contributed by atoms with Crippen molar-refractivity contribution in [3.63, 3.8) is 0 Å². The van der Waals surface area contributed by atoms with Gasteiger partial charge in [-0.25, -0.2) is 4.98 Å². The Morgan fingerprint density at radius 3 is 2.88 bits per heavy atom. The van der Waals surface area contributed by atoms with Gasteiger partial charge in [0.2, 0.25) is 0 Å². The summed E-state index contributed by atoms with van der Waals surface area (Å²) in [6.07, 6.45) is -0.549. The summed E-state index contributed by atoms with van der Waals surface area (Å²) in [6, 6.07) is 6.77. The molecule has 26 heavy (non-hydrogen) atoms. The molecule has 2 amide bonds. The van der Waals surface area contributed by atoms with E-state index in [1.807, 2.05) is 0 Å². The van der Waals surface area contributed by atoms with Gasteiger partial charge in [-0.15, -0.1) is 0 Å². The zero-order chi connectivity index (χ0) is 18.4. The van der Waals surface area contributed by atoms with Crippen LogP contribution in [0.1, 0.15) is 28.7 Å². The molecule has 3 aromatic rings. The molecule has 1 unspecified atom stereocenters. The first-order chi connectivity index (χ1) is 12.4. The summed E-state index contributed by atoms with van der Waals surface area (Å²) >= 11 is 0. The van der Waals surface area contributed by atoms with E-state index in [0.29, 0.717) is 45.2 Å². The maximum Gasteiger partial charge on any atom is 0.265 e. The molecule has 8 nitrogen and oxygen atoms in total. The molecule has 0 saturated carbocycles. The predicted molar refractivity (Wildman–Crippen MR) is 94.4 cm³/mol. The van der Waals surface area contributed by atoms with Crippen LogP contribution < -0.4 is 15.4 Å². The van der Waals surface area contributed by atoms with Gasteiger partial charge in [0.25, 0.3) is 17.5 Å². The lowest BCUT2D eigenvalue weighted by atomic mass is 10.1. The first kappa shape index (κ1) is 16.1. The maximum atomic E-state index is 12.8. The third kappa shape index (κ3) is 2.65. The molecule has 0 spiro atoms. The van der Waals surface area contributed by atoms with Gasteiger partial charge in [0.05, 0.1) is 22.3 Å². The highest BCUT2D eigenvalue weighted by Crippen LogP contribution is 2.32. The lowest BCUT2D eigenvalue weighted by Crippen LogP contribution is -2.34. The number of hydrogen-bond acceptors (Lipinski definition) is 6. The van der Waals surface area contributed by atoms with Crippen molar-refractivity contribution in [3.8, 4) is 5.75 Å². The molecular weight excluding hydrogens is 336 g/mol. The maximum absolute atomic E-state index is 12.8. The van der Waals surface area contributed by atoms with E-state index in [0.717, 1.165) is 0 Å². The number of carbonyl (C=O) groups is 2. The molecule has 4 rings (SSSR count). The van der Waals surface area contributed by atoms with E-state index in [2.05, 4.69) is 20.8 Å². The predicted octanol–water partition coefficient (Wildman–Crippen LogP) is 2.81. The van der Waals surface area contributed by atoms with Crippen LogP contribution in [-0.2, 0) is 4.79 Å². The van der Waals surface area contributed by atoms with Crippen molar-refractivity contribution in [1.82, 2.24) is 10.1 Å². The van der Waals surface area contributed by atoms with Crippen molar-refractivity contribution in [1.29, 1.82) is 0 Å². The van der Waals surface area contributed by atoms with E-state index in [-0.39, 0.29) is 11.8 Å². The zero-order valence-electron chi connectivity index (χ0n) is 14.4. The second-order valence-corrected chi connectivity index (χ2v) is 6.17. The van der Waals surface area contributed by atoms with Crippen molar-refractivity contribution in [2.45, 2.75) is 26.9 Å². The number of benzene rings is 1. The molecule has 1 aliphatic rings. The molecule has 0 radical (unpaired) electrons. The molecule has 1 aliphatic heterocycles. The van der Waals surface area contributed by atoms with E-state index in [9.17, 15) is 9.59 Å². The molecule has 8 heteroatoms. The summed E-state index contributed by atoms with van der Waals surface area (Å²) in [5, 5.41) is 10.0. The van der Waals surface area contributed by atoms with Crippen LogP contribution in [0.3, 0.4) is 0 Å². The van der Waals surface area contributed by atoms with Crippen molar-refractivity contribution < 1.29 is 18.8 Å². The number of anilines is 2. The fraction of sp³-hybridized carbons (Fsp3) is 0.222. The van der Waals surface area contributed by atoms with Crippen LogP contribution in [-0.4, -0.2) is 28.1 Å². The summed E-state index contributed by atoms with van der Waals surface area (Å²) in [5.74, 6) is 0.0165. The Morgan fingerprint density at radius 1 is 1.27 bits per heavy atom. The second-order valence-electron chi connectivity index (χ2n) is 6.17. The van der Waals surface area contributed by atoms with Crippen molar-refractivity contribution in [2.24, 2.45) is 0 Å². The summed E-state index contributed by atoms with van der Waals surface area (Å²) in [4.78, 5) is 28.8. The third-order valence-corrected chi connectivity index (χ3v) is 4.16. The number of nitrogens with one attached hydrogen (secondary N) is 2. The first-order valence-electron chi connectivity index (χ1n) is 8.09. The highest BCUT2D eigenvalue weighted by Gasteiger charge is 2.24. The summed E-state index contributed by atoms with van der Waals surface area (Å²) in [6.45, 7) is 5.21. The van der Waals surface area contributed by atoms with Crippen LogP contribution >= 0.6 is 0 Å². The highest BCUT2D eigenvalue weighted by molar-refractivity contribution is 6.12. The van der Waals surface area contributed by atoms with E-state index >= 15 is 0 Å². The number of pyridine rings is 1. The normalized spacial score (nSPS) is 16.0. The van der Waals surface area contributed by atoms with Crippen molar-refractivity contribution >= 4 is 34.3 Å². The Balaban J connectivity index is 1.67. The first-order valence-corrected chi connectivity index (χ1v) is 8.09. The van der Waals surface area contributed by atoms with Gasteiger partial charge in [0.15, 0.2) is 6.10 Å². The number of aromatic nitrogens is 2. The van der Waals surface area contributed by atoms with Gasteiger partial charge >= 0.3 is 0 Å². The number of carbonyl (C=O) groups excluding carboxylic acids is 2. The number of nitrogens with zero attached hydrogens (tertiary/aromatic N) is 2. The largest absolute Gasteiger partial charge is 0.479 e. The Labute approximate surface area is 148 Å². The number of rotatable bonds is 2. The number of fused-ring (bicyclic) bond motifs is 2. The highest BCUT2D eigenvalue weighted by atomic mass is 16.5. The fourth-order valence-corrected chi connectivity index (χ4v) is 2.88. The molecule has 0 bridgehead atoms. The van der Waals surface area contributed by atoms with Crippen LogP contribution in [0.4, 0.5) is 11.4 Å². The SMILES string of the molecule is Cc1cc(C(=O)Nc2ccc3c(c2)NC(=O)C(C)O3)c2c(C)noc2n1. The van der Waals surface area contributed by atoms with Crippen LogP contribution in [0.25, 0.3) is 11.1 Å². The van der Waals surface area contributed by atoms with E-state index in [1.165, 1.54) is 0 Å². The molecule has 2 N–H and O–H groups in total. The third-order valence-electron chi connectivity index (χ3n) is 4.16. The van der Waals surface area contributed by atoms with Gasteiger partial charge in [0.1, 0.15) is 5.75 Å². The van der Waals surface area contributed by atoms with Crippen LogP contribution in [0, 0.1) is 13.8 Å². The molecule has 3 heterocycles. The van der Waals surface area contributed by atoms with Gasteiger partial charge in [-0.2, -0.15) is 0 Å². The topological polar surface area (TPSA) is 106 Å². The number of amides is 2. The quantitative estimate of drug-likeness (QED) is 0.734. The summed E-state index contributed by atoms with van der Waals surface area (Å²) in [5.41, 5.74) is 3.05. The average molecular weight is 352 g/mol. The second kappa shape index (κ2) is 5.83. The molecule has 0 saturated heterocycles. The Kier molecular flexibility index (Phi) is 3.61. The molecular formula is C18H16N4O4. The van der Waals surface area contributed by atoms with Gasteiger partial charge < -0.3 is 19.9 Å². The van der Waals surface area contributed by atoms with E-state index < -0.39 is 6.10 Å². The molecule has 0 fully saturated rings. The standard InChI is InChI=1S/C18H16N4O4/c1-8-6-12(15-9(2)22-26-18(15)19-8)17(24)20-11-4-5-14-13(7-11)21-16(23)10(3)25-14/h4-7,10H,1-3H3,(H,20,24)(H,21,23). The summed E-state index contributed by atoms with van der Waals surface area (Å²) in [7, 11) is 0. The number of hydrogen-bond donors (Lipinski definition) is 2. The van der Waals surface area contributed by atoms with Gasteiger partial charge in [0, 0.05) is 11.4 Å². The average Bonchev–Trinajstić information content (AvgIpc) is 2.96. The van der Waals surface area contributed by atoms with Gasteiger partial charge in [-0.05, 0) is 45.0 Å². The molecule has 1 aromatic carbocycles. The number of aryl methyl sites for hydroxylation is 2. The lowest BCUT2D eigenvalue weighted by Gasteiger charge is -2.23. The zero-order valence-corrected chi connectivity index (χ0v) is 14.4. The van der Waals surface area contributed by atoms with Crippen molar-refractivity contribution in [2.75, 3.05) is 10.6 Å². The lowest BCUT2D eigenvalue weighted by molar-refractivity contribution is -0.122. The van der Waals surface area contributed by atoms with Crippen LogP contribution in [0.15, 0.2) is 28.8 Å². The fourth-order valence-electron chi connectivity index (χ4n) is 2.88. The minimum atomic E-state index is -0.549. The van der Waals surface area contributed by atoms with E-state index in [4.69, 9.17) is 9.26 Å².